The van der Waals surface area contributed by atoms with Crippen LogP contribution in [0.3, 0.4) is 0 Å². The van der Waals surface area contributed by atoms with Crippen molar-refractivity contribution < 1.29 is 19.2 Å². The minimum Gasteiger partial charge on any atom is -0.481 e. The molecule has 0 amide bonds. The summed E-state index contributed by atoms with van der Waals surface area (Å²) in [5.41, 5.74) is 5.97. The number of hydrogen-bond donors (Lipinski definition) is 1. The average Bonchev–Trinajstić information content (AvgIpc) is 3.60. The molecule has 0 radical (unpaired) electrons. The van der Waals surface area contributed by atoms with E-state index in [0.717, 1.165) is 45.0 Å². The second-order valence-corrected chi connectivity index (χ2v) is 8.69. The third-order valence-corrected chi connectivity index (χ3v) is 6.49. The highest BCUT2D eigenvalue weighted by molar-refractivity contribution is 5.85. The Morgan fingerprint density at radius 3 is 2.26 bits per heavy atom. The predicted molar refractivity (Wildman–Crippen MR) is 129 cm³/mol. The fourth-order valence-electron chi connectivity index (χ4n) is 4.34. The van der Waals surface area contributed by atoms with Crippen molar-refractivity contribution in [3.63, 3.8) is 0 Å². The van der Waals surface area contributed by atoms with Gasteiger partial charge in [0, 0.05) is 29.3 Å². The molecule has 0 aliphatic heterocycles. The molecular weight excluding hydrogens is 428 g/mol. The van der Waals surface area contributed by atoms with Crippen LogP contribution in [0.1, 0.15) is 42.3 Å². The summed E-state index contributed by atoms with van der Waals surface area (Å²) in [5, 5.41) is 13.7. The van der Waals surface area contributed by atoms with Crippen LogP contribution in [0, 0.1) is 6.92 Å². The smallest absolute Gasteiger partial charge is 0.314 e. The first kappa shape index (κ1) is 21.9. The number of ether oxygens (including phenoxy) is 1. The quantitative estimate of drug-likeness (QED) is 0.361. The molecule has 1 aliphatic carbocycles. The maximum atomic E-state index is 11.6. The topological polar surface area (TPSA) is 85.5 Å². The van der Waals surface area contributed by atoms with Crippen LogP contribution >= 0.6 is 0 Å². The van der Waals surface area contributed by atoms with E-state index in [9.17, 15) is 9.90 Å². The summed E-state index contributed by atoms with van der Waals surface area (Å²) in [6.07, 6.45) is 2.02. The number of aromatic nitrogens is 2. The molecule has 2 aromatic heterocycles. The first-order valence-electron chi connectivity index (χ1n) is 11.5. The van der Waals surface area contributed by atoms with Gasteiger partial charge < -0.3 is 14.4 Å². The van der Waals surface area contributed by atoms with Gasteiger partial charge in [0.2, 0.25) is 5.88 Å². The minimum absolute atomic E-state index is 0.573. The summed E-state index contributed by atoms with van der Waals surface area (Å²) >= 11 is 0. The Hall–Kier alpha value is -3.93. The van der Waals surface area contributed by atoms with Gasteiger partial charge in [-0.15, -0.1) is 0 Å². The molecule has 1 aliphatic rings. The first-order chi connectivity index (χ1) is 16.5. The molecule has 2 aromatic carbocycles. The van der Waals surface area contributed by atoms with Crippen molar-refractivity contribution in [2.24, 2.45) is 0 Å². The second-order valence-electron chi connectivity index (χ2n) is 8.69. The van der Waals surface area contributed by atoms with E-state index in [4.69, 9.17) is 9.26 Å². The lowest BCUT2D eigenvalue weighted by atomic mass is 9.93. The molecule has 0 saturated heterocycles. The van der Waals surface area contributed by atoms with Gasteiger partial charge in [0.15, 0.2) is 5.76 Å². The maximum Gasteiger partial charge on any atom is 0.314 e. The zero-order valence-corrected chi connectivity index (χ0v) is 19.2. The van der Waals surface area contributed by atoms with Crippen molar-refractivity contribution >= 4 is 5.97 Å². The number of carboxylic acid groups (broad SMARTS) is 1. The normalized spacial score (nSPS) is 14.1. The largest absolute Gasteiger partial charge is 0.481 e. The van der Waals surface area contributed by atoms with E-state index in [1.807, 2.05) is 80.6 Å². The molecule has 172 valence electrons. The molecule has 1 fully saturated rings. The lowest BCUT2D eigenvalue weighted by Gasteiger charge is -2.11. The Morgan fingerprint density at radius 1 is 1.00 bits per heavy atom. The van der Waals surface area contributed by atoms with Gasteiger partial charge in [0.25, 0.3) is 0 Å². The van der Waals surface area contributed by atoms with Crippen LogP contribution in [0.15, 0.2) is 71.3 Å². The molecular formula is C28H26N2O4. The maximum absolute atomic E-state index is 11.6. The summed E-state index contributed by atoms with van der Waals surface area (Å²) in [6, 6.07) is 21.8. The molecule has 0 bridgehead atoms. The molecule has 34 heavy (non-hydrogen) atoms. The predicted octanol–water partition coefficient (Wildman–Crippen LogP) is 5.82. The number of pyridine rings is 1. The second kappa shape index (κ2) is 8.78. The molecule has 0 unspecified atom stereocenters. The van der Waals surface area contributed by atoms with Crippen LogP contribution in [-0.4, -0.2) is 27.8 Å². The molecule has 0 atom stereocenters. The van der Waals surface area contributed by atoms with Gasteiger partial charge in [-0.25, -0.2) is 4.98 Å². The minimum atomic E-state index is -0.734. The average molecular weight is 455 g/mol. The fourth-order valence-corrected chi connectivity index (χ4v) is 4.34. The number of aryl methyl sites for hydroxylation is 1. The molecule has 5 rings (SSSR count). The summed E-state index contributed by atoms with van der Waals surface area (Å²) in [4.78, 5) is 16.2. The Labute approximate surface area is 198 Å². The molecule has 1 saturated carbocycles. The van der Waals surface area contributed by atoms with Gasteiger partial charge in [-0.3, -0.25) is 4.79 Å². The number of carboxylic acids is 1. The van der Waals surface area contributed by atoms with Crippen LogP contribution in [-0.2, 0) is 16.6 Å². The summed E-state index contributed by atoms with van der Waals surface area (Å²) in [6.45, 7) is 4.45. The third kappa shape index (κ3) is 4.07. The molecule has 0 spiro atoms. The van der Waals surface area contributed by atoms with Crippen molar-refractivity contribution in [1.29, 1.82) is 0 Å². The molecule has 2 heterocycles. The highest BCUT2D eigenvalue weighted by Gasteiger charge is 2.51. The summed E-state index contributed by atoms with van der Waals surface area (Å²) in [7, 11) is 0. The van der Waals surface area contributed by atoms with Crippen LogP contribution in [0.4, 0.5) is 0 Å². The van der Waals surface area contributed by atoms with Gasteiger partial charge in [-0.05, 0) is 49.4 Å². The fraction of sp³-hybridized carbons (Fsp3) is 0.250. The number of hydrogen-bond acceptors (Lipinski definition) is 5. The van der Waals surface area contributed by atoms with Crippen LogP contribution in [0.25, 0.3) is 22.5 Å². The van der Waals surface area contributed by atoms with Crippen molar-refractivity contribution in [3.05, 3.63) is 89.2 Å². The highest BCUT2D eigenvalue weighted by Crippen LogP contribution is 2.48. The van der Waals surface area contributed by atoms with Crippen LogP contribution in [0.5, 0.6) is 5.88 Å². The van der Waals surface area contributed by atoms with Crippen molar-refractivity contribution in [1.82, 2.24) is 10.1 Å². The van der Waals surface area contributed by atoms with Gasteiger partial charge in [-0.1, -0.05) is 59.8 Å². The van der Waals surface area contributed by atoms with Crippen molar-refractivity contribution in [2.45, 2.75) is 38.5 Å². The molecule has 4 aromatic rings. The Morgan fingerprint density at radius 2 is 1.65 bits per heavy atom. The SMILES string of the molecule is CCOc1cccc(Cc2c(C)noc2-c2ccc(-c3ccc(C4(C(=O)O)CC4)cc3)cc2)n1. The molecule has 1 N–H and O–H groups in total. The lowest BCUT2D eigenvalue weighted by Crippen LogP contribution is -2.19. The number of nitrogens with zero attached hydrogens (tertiary/aromatic N) is 2. The first-order valence-corrected chi connectivity index (χ1v) is 11.5. The van der Waals surface area contributed by atoms with Gasteiger partial charge in [-0.2, -0.15) is 0 Å². The van der Waals surface area contributed by atoms with Crippen LogP contribution in [0.2, 0.25) is 0 Å². The van der Waals surface area contributed by atoms with Gasteiger partial charge in [0.1, 0.15) is 0 Å². The lowest BCUT2D eigenvalue weighted by molar-refractivity contribution is -0.140. The van der Waals surface area contributed by atoms with Crippen molar-refractivity contribution in [2.75, 3.05) is 6.61 Å². The Bertz CT molecular complexity index is 1320. The number of rotatable bonds is 8. The van der Waals surface area contributed by atoms with Crippen molar-refractivity contribution in [3.8, 4) is 28.3 Å². The standard InChI is InChI=1S/C28H26N2O4/c1-3-33-25-6-4-5-23(29-25)17-24-18(2)30-34-26(24)21-9-7-19(8-10-21)20-11-13-22(14-12-20)28(15-16-28)27(31)32/h4-14H,3,15-17H2,1-2H3,(H,31,32). The summed E-state index contributed by atoms with van der Waals surface area (Å²) < 4.78 is 11.2. The van der Waals surface area contributed by atoms with E-state index < -0.39 is 11.4 Å². The zero-order chi connectivity index (χ0) is 23.7. The highest BCUT2D eigenvalue weighted by atomic mass is 16.5. The zero-order valence-electron chi connectivity index (χ0n) is 19.2. The monoisotopic (exact) mass is 454 g/mol. The van der Waals surface area contributed by atoms with E-state index in [1.165, 1.54) is 0 Å². The molecule has 6 nitrogen and oxygen atoms in total. The van der Waals surface area contributed by atoms with Crippen LogP contribution < -0.4 is 4.74 Å². The van der Waals surface area contributed by atoms with E-state index >= 15 is 0 Å². The van der Waals surface area contributed by atoms with E-state index in [1.54, 1.807) is 0 Å². The van der Waals surface area contributed by atoms with Gasteiger partial charge in [0.05, 0.1) is 17.7 Å². The third-order valence-electron chi connectivity index (χ3n) is 6.49. The van der Waals surface area contributed by atoms with Gasteiger partial charge >= 0.3 is 5.97 Å². The van der Waals surface area contributed by atoms with E-state index in [0.29, 0.717) is 31.7 Å². The number of carbonyl (C=O) groups is 1. The Kier molecular flexibility index (Phi) is 5.65. The number of aliphatic carboxylic acids is 1. The Balaban J connectivity index is 1.37. The number of benzene rings is 2. The summed E-state index contributed by atoms with van der Waals surface area (Å²) in [5.74, 6) is 0.615. The van der Waals surface area contributed by atoms with E-state index in [2.05, 4.69) is 10.1 Å². The molecule has 6 heteroatoms. The van der Waals surface area contributed by atoms with E-state index in [-0.39, 0.29) is 0 Å².